The molecule has 9 heteroatoms. The van der Waals surface area contributed by atoms with Crippen molar-refractivity contribution < 1.29 is 38.8 Å². The van der Waals surface area contributed by atoms with E-state index in [1.165, 1.54) is 20.1 Å². The van der Waals surface area contributed by atoms with E-state index >= 15 is 0 Å². The van der Waals surface area contributed by atoms with Crippen LogP contribution in [0.25, 0.3) is 0 Å². The smallest absolute Gasteiger partial charge is 0.412 e. The van der Waals surface area contributed by atoms with E-state index in [1.54, 1.807) is 48.5 Å². The van der Waals surface area contributed by atoms with Crippen molar-refractivity contribution in [2.45, 2.75) is 32.0 Å². The Kier molecular flexibility index (Phi) is 10.8. The number of amides is 1. The Morgan fingerprint density at radius 2 is 1.74 bits per heavy atom. The van der Waals surface area contributed by atoms with Crippen LogP contribution in [0.5, 0.6) is 5.75 Å². The Hall–Kier alpha value is -3.69. The van der Waals surface area contributed by atoms with E-state index in [9.17, 15) is 14.4 Å². The number of rotatable bonds is 13. The van der Waals surface area contributed by atoms with Crippen LogP contribution < -0.4 is 10.1 Å². The highest BCUT2D eigenvalue weighted by atomic mass is 16.6. The fourth-order valence-electron chi connectivity index (χ4n) is 3.16. The van der Waals surface area contributed by atoms with Gasteiger partial charge in [-0.3, -0.25) is 10.1 Å². The lowest BCUT2D eigenvalue weighted by molar-refractivity contribution is -0.131. The second kappa shape index (κ2) is 13.8. The predicted octanol–water partition coefficient (Wildman–Crippen LogP) is 3.99. The molecule has 0 saturated heterocycles. The predicted molar refractivity (Wildman–Crippen MR) is 125 cm³/mol. The third-order valence-electron chi connectivity index (χ3n) is 4.86. The zero-order valence-corrected chi connectivity index (χ0v) is 19.1. The van der Waals surface area contributed by atoms with Gasteiger partial charge in [0.2, 0.25) is 0 Å². The van der Waals surface area contributed by atoms with E-state index in [1.807, 2.05) is 0 Å². The first-order valence-corrected chi connectivity index (χ1v) is 10.7. The number of aliphatic hydroxyl groups excluding tert-OH is 1. The van der Waals surface area contributed by atoms with Crippen LogP contribution in [-0.2, 0) is 14.3 Å². The van der Waals surface area contributed by atoms with Gasteiger partial charge in [-0.15, -0.1) is 0 Å². The van der Waals surface area contributed by atoms with Crippen molar-refractivity contribution in [3.63, 3.8) is 0 Å². The number of carbonyl (C=O) groups is 3. The van der Waals surface area contributed by atoms with Crippen LogP contribution in [-0.4, -0.2) is 54.5 Å². The highest BCUT2D eigenvalue weighted by Crippen LogP contribution is 2.29. The molecule has 0 aromatic heterocycles. The molecule has 0 aliphatic rings. The van der Waals surface area contributed by atoms with Gasteiger partial charge >= 0.3 is 12.1 Å². The minimum absolute atomic E-state index is 0.0829. The van der Waals surface area contributed by atoms with Crippen molar-refractivity contribution in [1.82, 2.24) is 0 Å². The molecule has 3 N–H and O–H groups in total. The molecule has 2 rings (SSSR count). The highest BCUT2D eigenvalue weighted by molar-refractivity contribution is 5.95. The van der Waals surface area contributed by atoms with Gasteiger partial charge in [-0.05, 0) is 61.7 Å². The first-order valence-electron chi connectivity index (χ1n) is 10.7. The standard InChI is InChI=1S/C25H29NO8/c1-17(28)18-7-11-20(12-8-18)26-25(31)34-24(22(32-2)5-3-4-6-23(29)30)19-9-13-21(14-10-19)33-16-15-27/h4,6-14,22,24,27H,3,5,15-16H2,1-2H3,(H,26,31)(H,29,30)/b6-4+/t22-,24-/m1/s1. The van der Waals surface area contributed by atoms with E-state index in [-0.39, 0.29) is 19.0 Å². The van der Waals surface area contributed by atoms with Crippen molar-refractivity contribution in [1.29, 1.82) is 0 Å². The zero-order chi connectivity index (χ0) is 24.9. The lowest BCUT2D eigenvalue weighted by Crippen LogP contribution is -2.28. The number of aliphatic hydroxyl groups is 1. The van der Waals surface area contributed by atoms with Crippen molar-refractivity contribution in [2.75, 3.05) is 25.6 Å². The summed E-state index contributed by atoms with van der Waals surface area (Å²) in [7, 11) is 1.49. The summed E-state index contributed by atoms with van der Waals surface area (Å²) in [5, 5.41) is 20.3. The number of hydrogen-bond acceptors (Lipinski definition) is 7. The summed E-state index contributed by atoms with van der Waals surface area (Å²) in [6, 6.07) is 13.3. The normalized spacial score (nSPS) is 12.7. The van der Waals surface area contributed by atoms with Gasteiger partial charge in [0.25, 0.3) is 0 Å². The number of nitrogens with one attached hydrogen (secondary N) is 1. The van der Waals surface area contributed by atoms with Crippen molar-refractivity contribution in [3.8, 4) is 5.75 Å². The first kappa shape index (κ1) is 26.6. The summed E-state index contributed by atoms with van der Waals surface area (Å²) in [5.41, 5.74) is 1.63. The molecule has 0 radical (unpaired) electrons. The zero-order valence-electron chi connectivity index (χ0n) is 19.1. The molecule has 2 aromatic rings. The molecule has 2 atom stereocenters. The van der Waals surface area contributed by atoms with Gasteiger partial charge in [-0.25, -0.2) is 9.59 Å². The molecule has 0 heterocycles. The van der Waals surface area contributed by atoms with Gasteiger partial charge in [0.1, 0.15) is 12.4 Å². The molecule has 0 aliphatic carbocycles. The van der Waals surface area contributed by atoms with E-state index in [0.29, 0.717) is 35.4 Å². The van der Waals surface area contributed by atoms with Crippen LogP contribution >= 0.6 is 0 Å². The molecule has 1 amide bonds. The number of ether oxygens (including phenoxy) is 3. The van der Waals surface area contributed by atoms with Crippen LogP contribution in [0.2, 0.25) is 0 Å². The lowest BCUT2D eigenvalue weighted by atomic mass is 10.00. The Bertz CT molecular complexity index is 969. The maximum absolute atomic E-state index is 12.7. The van der Waals surface area contributed by atoms with E-state index in [0.717, 1.165) is 6.08 Å². The number of aliphatic carboxylic acids is 1. The SMILES string of the molecule is CO[C@H](CC/C=C/C(=O)O)[C@H](OC(=O)Nc1ccc(C(C)=O)cc1)c1ccc(OCCO)cc1. The maximum atomic E-state index is 12.7. The molecule has 0 aliphatic heterocycles. The van der Waals surface area contributed by atoms with E-state index < -0.39 is 24.3 Å². The number of carboxylic acids is 1. The third kappa shape index (κ3) is 8.68. The minimum atomic E-state index is -1.05. The number of Topliss-reactive ketones (excluding diaryl/α,β-unsaturated/α-hetero) is 1. The molecule has 0 saturated carbocycles. The summed E-state index contributed by atoms with van der Waals surface area (Å²) < 4.78 is 16.7. The monoisotopic (exact) mass is 471 g/mol. The van der Waals surface area contributed by atoms with Crippen LogP contribution in [0.3, 0.4) is 0 Å². The van der Waals surface area contributed by atoms with E-state index in [2.05, 4.69) is 5.32 Å². The quantitative estimate of drug-likeness (QED) is 0.295. The van der Waals surface area contributed by atoms with Gasteiger partial charge < -0.3 is 24.4 Å². The molecule has 34 heavy (non-hydrogen) atoms. The number of ketones is 1. The van der Waals surface area contributed by atoms with Gasteiger partial charge in [0.05, 0.1) is 12.7 Å². The fraction of sp³-hybridized carbons (Fsp3) is 0.320. The molecule has 0 spiro atoms. The molecule has 0 fully saturated rings. The van der Waals surface area contributed by atoms with Crippen molar-refractivity contribution >= 4 is 23.5 Å². The molecule has 182 valence electrons. The minimum Gasteiger partial charge on any atom is -0.491 e. The maximum Gasteiger partial charge on any atom is 0.412 e. The summed E-state index contributed by atoms with van der Waals surface area (Å²) in [4.78, 5) is 34.8. The lowest BCUT2D eigenvalue weighted by Gasteiger charge is -2.26. The fourth-order valence-corrected chi connectivity index (χ4v) is 3.16. The number of anilines is 1. The molecule has 0 unspecified atom stereocenters. The number of benzene rings is 2. The summed E-state index contributed by atoms with van der Waals surface area (Å²) >= 11 is 0. The number of carbonyl (C=O) groups excluding carboxylic acids is 2. The average molecular weight is 472 g/mol. The molecular formula is C25H29NO8. The topological polar surface area (TPSA) is 131 Å². The van der Waals surface area contributed by atoms with Crippen LogP contribution in [0.15, 0.2) is 60.7 Å². The second-order valence-corrected chi connectivity index (χ2v) is 7.32. The molecule has 2 aromatic carbocycles. The second-order valence-electron chi connectivity index (χ2n) is 7.32. The molecular weight excluding hydrogens is 442 g/mol. The number of allylic oxidation sites excluding steroid dienone is 1. The van der Waals surface area contributed by atoms with E-state index in [4.69, 9.17) is 24.4 Å². The van der Waals surface area contributed by atoms with Crippen LogP contribution in [0.4, 0.5) is 10.5 Å². The van der Waals surface area contributed by atoms with Crippen LogP contribution in [0, 0.1) is 0 Å². The van der Waals surface area contributed by atoms with Gasteiger partial charge in [0, 0.05) is 24.4 Å². The number of methoxy groups -OCH3 is 1. The van der Waals surface area contributed by atoms with Crippen molar-refractivity contribution in [3.05, 3.63) is 71.8 Å². The number of hydrogen-bond donors (Lipinski definition) is 3. The molecule has 0 bridgehead atoms. The Labute approximate surface area is 198 Å². The van der Waals surface area contributed by atoms with Gasteiger partial charge in [-0.1, -0.05) is 18.2 Å². The molecule has 9 nitrogen and oxygen atoms in total. The third-order valence-corrected chi connectivity index (χ3v) is 4.86. The Morgan fingerprint density at radius 1 is 1.06 bits per heavy atom. The summed E-state index contributed by atoms with van der Waals surface area (Å²) in [6.45, 7) is 1.50. The Balaban J connectivity index is 2.17. The van der Waals surface area contributed by atoms with Crippen LogP contribution in [0.1, 0.15) is 41.8 Å². The van der Waals surface area contributed by atoms with Crippen molar-refractivity contribution in [2.24, 2.45) is 0 Å². The van der Waals surface area contributed by atoms with Gasteiger partial charge in [-0.2, -0.15) is 0 Å². The summed E-state index contributed by atoms with van der Waals surface area (Å²) in [6.07, 6.45) is 1.27. The van der Waals surface area contributed by atoms with Gasteiger partial charge in [0.15, 0.2) is 11.9 Å². The highest BCUT2D eigenvalue weighted by Gasteiger charge is 2.27. The average Bonchev–Trinajstić information content (AvgIpc) is 2.82. The largest absolute Gasteiger partial charge is 0.491 e. The Morgan fingerprint density at radius 3 is 2.29 bits per heavy atom. The first-order chi connectivity index (χ1) is 16.3. The number of carboxylic acid groups (broad SMARTS) is 1. The summed E-state index contributed by atoms with van der Waals surface area (Å²) in [5.74, 6) is -0.583.